The molecule has 0 heterocycles. The Labute approximate surface area is 431 Å². The third-order valence-electron chi connectivity index (χ3n) is 12.8. The summed E-state index contributed by atoms with van der Waals surface area (Å²) in [5.41, 5.74) is 20.2. The molecule has 10 aromatic rings. The lowest BCUT2D eigenvalue weighted by molar-refractivity contribution is 0.481. The van der Waals surface area contributed by atoms with Crippen molar-refractivity contribution in [3.05, 3.63) is 262 Å². The first-order valence-electron chi connectivity index (χ1n) is 25.0. The normalized spacial score (nSPS) is 11.1. The Bertz CT molecular complexity index is 3100. The van der Waals surface area contributed by atoms with Gasteiger partial charge in [-0.1, -0.05) is 97.1 Å². The fraction of sp³-hybridized carbons (Fsp3) is 0.130. The van der Waals surface area contributed by atoms with Gasteiger partial charge in [0.05, 0.1) is 0 Å². The number of hydrogen-bond acceptors (Lipinski definition) is 4. The Hall–Kier alpha value is -8.60. The van der Waals surface area contributed by atoms with Crippen molar-refractivity contribution >= 4 is 0 Å². The van der Waals surface area contributed by atoms with Crippen LogP contribution in [0.15, 0.2) is 206 Å². The predicted molar refractivity (Wildman–Crippen MR) is 301 cm³/mol. The molecule has 0 N–H and O–H groups in total. The van der Waals surface area contributed by atoms with Gasteiger partial charge in [0, 0.05) is 0 Å². The molecule has 0 fully saturated rings. The molecule has 0 aliphatic carbocycles. The van der Waals surface area contributed by atoms with Gasteiger partial charge in [-0.15, -0.1) is 0 Å². The van der Waals surface area contributed by atoms with Gasteiger partial charge < -0.3 is 18.9 Å². The summed E-state index contributed by atoms with van der Waals surface area (Å²) in [6, 6.07) is 72.7. The standard InChI is InChI=1S/C69H60O4/c1-44-21-45(2)26-66(25-44)70-62-17-9-13-54(40-62)58-34-52(35-59(38-58)55-14-10-18-63(41-55)71-67-27-46(3)22-47(4)28-67)33-53-36-60(56-15-11-19-64(42-56)72-68-29-48(5)23-49(6)30-68)39-61(37-53)57-16-12-20-65(43-57)73-69-31-50(7)24-51(8)32-69/h9-32,34-43H,33H2,1-8H3. The smallest absolute Gasteiger partial charge is 0.128 e. The van der Waals surface area contributed by atoms with E-state index in [1.54, 1.807) is 0 Å². The van der Waals surface area contributed by atoms with E-state index in [0.29, 0.717) is 6.42 Å². The van der Waals surface area contributed by atoms with Crippen LogP contribution in [0.4, 0.5) is 0 Å². The Kier molecular flexibility index (Phi) is 13.8. The number of aryl methyl sites for hydroxylation is 8. The number of ether oxygens (including phenoxy) is 4. The molecule has 0 spiro atoms. The van der Waals surface area contributed by atoms with Gasteiger partial charge in [-0.05, 0) is 271 Å². The highest BCUT2D eigenvalue weighted by molar-refractivity contribution is 5.78. The number of rotatable bonds is 14. The monoisotopic (exact) mass is 952 g/mol. The van der Waals surface area contributed by atoms with E-state index >= 15 is 0 Å². The molecular weight excluding hydrogens is 893 g/mol. The minimum absolute atomic E-state index is 0.663. The molecule has 4 heteroatoms. The summed E-state index contributed by atoms with van der Waals surface area (Å²) < 4.78 is 26.0. The zero-order valence-corrected chi connectivity index (χ0v) is 43.0. The van der Waals surface area contributed by atoms with E-state index < -0.39 is 0 Å². The molecule has 0 amide bonds. The highest BCUT2D eigenvalue weighted by atomic mass is 16.5. The van der Waals surface area contributed by atoms with E-state index in [4.69, 9.17) is 18.9 Å². The highest BCUT2D eigenvalue weighted by Gasteiger charge is 2.14. The van der Waals surface area contributed by atoms with Gasteiger partial charge in [0.25, 0.3) is 0 Å². The van der Waals surface area contributed by atoms with Crippen LogP contribution in [0.25, 0.3) is 44.5 Å². The van der Waals surface area contributed by atoms with E-state index in [2.05, 4.69) is 237 Å². The summed E-state index contributed by atoms with van der Waals surface area (Å²) in [6.07, 6.45) is 0.663. The first-order valence-corrected chi connectivity index (χ1v) is 25.0. The molecule has 0 bridgehead atoms. The molecule has 73 heavy (non-hydrogen) atoms. The van der Waals surface area contributed by atoms with Crippen LogP contribution in [-0.2, 0) is 6.42 Å². The van der Waals surface area contributed by atoms with E-state index in [9.17, 15) is 0 Å². The fourth-order valence-corrected chi connectivity index (χ4v) is 9.96. The van der Waals surface area contributed by atoms with E-state index in [0.717, 1.165) is 146 Å². The van der Waals surface area contributed by atoms with E-state index in [1.807, 2.05) is 24.3 Å². The van der Waals surface area contributed by atoms with E-state index in [1.165, 1.54) is 0 Å². The second-order valence-corrected chi connectivity index (χ2v) is 19.8. The van der Waals surface area contributed by atoms with Crippen LogP contribution >= 0.6 is 0 Å². The maximum Gasteiger partial charge on any atom is 0.128 e. The Balaban J connectivity index is 1.07. The third kappa shape index (κ3) is 12.3. The van der Waals surface area contributed by atoms with Crippen LogP contribution in [0.3, 0.4) is 0 Å². The van der Waals surface area contributed by atoms with Gasteiger partial charge in [-0.2, -0.15) is 0 Å². The molecule has 0 aliphatic rings. The van der Waals surface area contributed by atoms with Crippen molar-refractivity contribution in [1.82, 2.24) is 0 Å². The molecule has 10 aromatic carbocycles. The summed E-state index contributed by atoms with van der Waals surface area (Å²) in [4.78, 5) is 0. The summed E-state index contributed by atoms with van der Waals surface area (Å²) in [5, 5.41) is 0. The van der Waals surface area contributed by atoms with E-state index in [-0.39, 0.29) is 0 Å². The molecular formula is C69H60O4. The number of benzene rings is 10. The van der Waals surface area contributed by atoms with Crippen LogP contribution in [0.2, 0.25) is 0 Å². The molecule has 0 atom stereocenters. The second kappa shape index (κ2) is 21.0. The summed E-state index contributed by atoms with van der Waals surface area (Å²) in [5.74, 6) is 6.42. The molecule has 4 nitrogen and oxygen atoms in total. The molecule has 0 aliphatic heterocycles. The predicted octanol–water partition coefficient (Wildman–Crippen LogP) is 19.6. The first-order chi connectivity index (χ1) is 35.3. The van der Waals surface area contributed by atoms with Crippen LogP contribution < -0.4 is 18.9 Å². The molecule has 0 radical (unpaired) electrons. The van der Waals surface area contributed by atoms with Crippen molar-refractivity contribution in [3.63, 3.8) is 0 Å². The van der Waals surface area contributed by atoms with Crippen LogP contribution in [0.5, 0.6) is 46.0 Å². The zero-order chi connectivity index (χ0) is 50.6. The summed E-state index contributed by atoms with van der Waals surface area (Å²) in [7, 11) is 0. The SMILES string of the molecule is Cc1cc(C)cc(Oc2cccc(-c3cc(Cc4cc(-c5cccc(Oc6cc(C)cc(C)c6)c5)cc(-c5cccc(Oc6cc(C)cc(C)c6)c5)c4)cc(-c4cccc(Oc5cc(C)cc(C)c5)c4)c3)c2)c1. The van der Waals surface area contributed by atoms with Crippen LogP contribution in [-0.4, -0.2) is 0 Å². The van der Waals surface area contributed by atoms with Crippen LogP contribution in [0.1, 0.15) is 55.6 Å². The van der Waals surface area contributed by atoms with Gasteiger partial charge in [-0.3, -0.25) is 0 Å². The number of hydrogen-bond donors (Lipinski definition) is 0. The molecule has 0 aromatic heterocycles. The molecule has 0 saturated heterocycles. The lowest BCUT2D eigenvalue weighted by Crippen LogP contribution is -1.95. The van der Waals surface area contributed by atoms with Crippen molar-refractivity contribution in [3.8, 4) is 90.5 Å². The van der Waals surface area contributed by atoms with Gasteiger partial charge in [-0.25, -0.2) is 0 Å². The minimum Gasteiger partial charge on any atom is -0.457 e. The van der Waals surface area contributed by atoms with Crippen molar-refractivity contribution in [2.24, 2.45) is 0 Å². The van der Waals surface area contributed by atoms with Gasteiger partial charge in [0.2, 0.25) is 0 Å². The van der Waals surface area contributed by atoms with Crippen molar-refractivity contribution in [2.75, 3.05) is 0 Å². The highest BCUT2D eigenvalue weighted by Crippen LogP contribution is 2.38. The third-order valence-corrected chi connectivity index (χ3v) is 12.8. The quantitative estimate of drug-likeness (QED) is 0.109. The largest absolute Gasteiger partial charge is 0.457 e. The average Bonchev–Trinajstić information content (AvgIpc) is 3.33. The molecule has 0 saturated carbocycles. The molecule has 360 valence electrons. The molecule has 0 unspecified atom stereocenters. The lowest BCUT2D eigenvalue weighted by atomic mass is 9.90. The average molecular weight is 953 g/mol. The first kappa shape index (κ1) is 48.0. The van der Waals surface area contributed by atoms with Crippen molar-refractivity contribution < 1.29 is 18.9 Å². The Morgan fingerprint density at radius 1 is 0.205 bits per heavy atom. The maximum atomic E-state index is 6.51. The topological polar surface area (TPSA) is 36.9 Å². The van der Waals surface area contributed by atoms with Gasteiger partial charge in [0.15, 0.2) is 0 Å². The summed E-state index contributed by atoms with van der Waals surface area (Å²) >= 11 is 0. The zero-order valence-electron chi connectivity index (χ0n) is 43.0. The van der Waals surface area contributed by atoms with Crippen molar-refractivity contribution in [1.29, 1.82) is 0 Å². The Morgan fingerprint density at radius 3 is 0.644 bits per heavy atom. The lowest BCUT2D eigenvalue weighted by Gasteiger charge is -2.16. The second-order valence-electron chi connectivity index (χ2n) is 19.8. The Morgan fingerprint density at radius 2 is 0.425 bits per heavy atom. The summed E-state index contributed by atoms with van der Waals surface area (Å²) in [6.45, 7) is 16.8. The van der Waals surface area contributed by atoms with Crippen LogP contribution in [0, 0.1) is 55.4 Å². The van der Waals surface area contributed by atoms with Gasteiger partial charge in [0.1, 0.15) is 46.0 Å². The molecule has 10 rings (SSSR count). The fourth-order valence-electron chi connectivity index (χ4n) is 9.96. The van der Waals surface area contributed by atoms with Gasteiger partial charge >= 0.3 is 0 Å². The maximum absolute atomic E-state index is 6.51. The minimum atomic E-state index is 0.663. The van der Waals surface area contributed by atoms with Crippen molar-refractivity contribution in [2.45, 2.75) is 61.8 Å².